The number of likely N-dealkylation sites (tertiary alicyclic amines) is 1. The molecule has 2 aliphatic rings. The molecule has 0 bridgehead atoms. The number of nitrogens with zero attached hydrogens (tertiary/aromatic N) is 4. The van der Waals surface area contributed by atoms with E-state index in [-0.39, 0.29) is 6.04 Å². The molecule has 1 aromatic heterocycles. The van der Waals surface area contributed by atoms with E-state index in [1.165, 1.54) is 17.5 Å². The largest absolute Gasteiger partial charge is 0.298 e. The van der Waals surface area contributed by atoms with Crippen molar-refractivity contribution >= 4 is 10.0 Å². The maximum absolute atomic E-state index is 12.4. The molecule has 3 atom stereocenters. The third-order valence-electron chi connectivity index (χ3n) is 6.31. The van der Waals surface area contributed by atoms with Crippen molar-refractivity contribution in [2.24, 2.45) is 18.9 Å². The molecule has 4 rings (SSSR count). The van der Waals surface area contributed by atoms with Gasteiger partial charge in [-0.25, -0.2) is 8.42 Å². The second-order valence-electron chi connectivity index (χ2n) is 8.08. The normalized spacial score (nSPS) is 26.6. The minimum absolute atomic E-state index is 0.0627. The van der Waals surface area contributed by atoms with Gasteiger partial charge in [-0.1, -0.05) is 30.3 Å². The molecule has 1 aromatic carbocycles. The van der Waals surface area contributed by atoms with Crippen molar-refractivity contribution in [1.82, 2.24) is 19.0 Å². The number of hydrogen-bond acceptors (Lipinski definition) is 4. The summed E-state index contributed by atoms with van der Waals surface area (Å²) in [5, 5.41) is 4.53. The molecule has 0 unspecified atom stereocenters. The fourth-order valence-corrected chi connectivity index (χ4v) is 6.06. The second kappa shape index (κ2) is 6.72. The van der Waals surface area contributed by atoms with Crippen molar-refractivity contribution in [3.63, 3.8) is 0 Å². The van der Waals surface area contributed by atoms with Gasteiger partial charge in [0.1, 0.15) is 0 Å². The predicted octanol–water partition coefficient (Wildman–Crippen LogP) is 2.10. The van der Waals surface area contributed by atoms with E-state index in [0.717, 1.165) is 30.9 Å². The molecule has 2 fully saturated rings. The van der Waals surface area contributed by atoms with E-state index >= 15 is 0 Å². The topological polar surface area (TPSA) is 58.4 Å². The van der Waals surface area contributed by atoms with Gasteiger partial charge in [0.15, 0.2) is 0 Å². The van der Waals surface area contributed by atoms with Crippen LogP contribution in [-0.2, 0) is 23.6 Å². The zero-order valence-corrected chi connectivity index (χ0v) is 17.3. The minimum atomic E-state index is -3.23. The third-order valence-corrected chi connectivity index (χ3v) is 7.53. The lowest BCUT2D eigenvalue weighted by molar-refractivity contribution is 0.260. The van der Waals surface area contributed by atoms with Crippen molar-refractivity contribution in [1.29, 1.82) is 0 Å². The van der Waals surface area contributed by atoms with E-state index < -0.39 is 10.0 Å². The molecular formula is C20H28N4O2S. The summed E-state index contributed by atoms with van der Waals surface area (Å²) >= 11 is 0. The van der Waals surface area contributed by atoms with Crippen molar-refractivity contribution < 1.29 is 8.42 Å². The number of hydrogen-bond donors (Lipinski definition) is 0. The first kappa shape index (κ1) is 18.7. The van der Waals surface area contributed by atoms with Gasteiger partial charge in [0, 0.05) is 44.5 Å². The highest BCUT2D eigenvalue weighted by Gasteiger charge is 2.50. The number of sulfonamides is 1. The first-order valence-electron chi connectivity index (χ1n) is 9.49. The van der Waals surface area contributed by atoms with Gasteiger partial charge in [0.2, 0.25) is 10.0 Å². The minimum Gasteiger partial charge on any atom is -0.298 e. The number of fused-ring (bicyclic) bond motifs is 1. The van der Waals surface area contributed by atoms with Crippen LogP contribution in [0.5, 0.6) is 0 Å². The van der Waals surface area contributed by atoms with Gasteiger partial charge < -0.3 is 0 Å². The van der Waals surface area contributed by atoms with Crippen LogP contribution < -0.4 is 0 Å². The molecule has 2 saturated heterocycles. The zero-order chi connectivity index (χ0) is 19.3. The summed E-state index contributed by atoms with van der Waals surface area (Å²) in [6.45, 7) is 7.54. The van der Waals surface area contributed by atoms with E-state index in [1.807, 2.05) is 29.9 Å². The summed E-state index contributed by atoms with van der Waals surface area (Å²) < 4.78 is 28.5. The van der Waals surface area contributed by atoms with Crippen LogP contribution in [0.4, 0.5) is 0 Å². The van der Waals surface area contributed by atoms with Crippen LogP contribution in [0.3, 0.4) is 0 Å². The van der Waals surface area contributed by atoms with Crippen LogP contribution in [-0.4, -0.2) is 53.3 Å². The molecule has 6 nitrogen and oxygen atoms in total. The Kier molecular flexibility index (Phi) is 4.64. The highest BCUT2D eigenvalue weighted by molar-refractivity contribution is 7.88. The van der Waals surface area contributed by atoms with E-state index in [4.69, 9.17) is 0 Å². The first-order chi connectivity index (χ1) is 12.8. The molecule has 2 aliphatic heterocycles. The monoisotopic (exact) mass is 388 g/mol. The number of benzene rings is 1. The van der Waals surface area contributed by atoms with Gasteiger partial charge in [-0.2, -0.15) is 9.40 Å². The van der Waals surface area contributed by atoms with Gasteiger partial charge in [-0.3, -0.25) is 9.58 Å². The van der Waals surface area contributed by atoms with Crippen LogP contribution in [0, 0.1) is 25.7 Å². The van der Waals surface area contributed by atoms with Crippen LogP contribution in [0.15, 0.2) is 30.3 Å². The Morgan fingerprint density at radius 1 is 1.11 bits per heavy atom. The lowest BCUT2D eigenvalue weighted by Crippen LogP contribution is -2.35. The van der Waals surface area contributed by atoms with Gasteiger partial charge in [0.25, 0.3) is 0 Å². The SMILES string of the molecule is Cc1nn(C)c(C)c1CN1C[C@@H]2CN(S(C)(=O)=O)[C@@H](c3ccccc3)[C@@H]2C1. The molecular weight excluding hydrogens is 360 g/mol. The fraction of sp³-hybridized carbons (Fsp3) is 0.550. The highest BCUT2D eigenvalue weighted by Crippen LogP contribution is 2.46. The molecule has 0 radical (unpaired) electrons. The van der Waals surface area contributed by atoms with Crippen LogP contribution in [0.25, 0.3) is 0 Å². The lowest BCUT2D eigenvalue weighted by atomic mass is 9.90. The molecule has 7 heteroatoms. The zero-order valence-electron chi connectivity index (χ0n) is 16.5. The van der Waals surface area contributed by atoms with Crippen LogP contribution in [0.2, 0.25) is 0 Å². The van der Waals surface area contributed by atoms with Crippen molar-refractivity contribution in [3.05, 3.63) is 52.8 Å². The Morgan fingerprint density at radius 2 is 1.81 bits per heavy atom. The van der Waals surface area contributed by atoms with E-state index in [9.17, 15) is 8.42 Å². The molecule has 0 saturated carbocycles. The maximum Gasteiger partial charge on any atom is 0.211 e. The Morgan fingerprint density at radius 3 is 2.41 bits per heavy atom. The van der Waals surface area contributed by atoms with Gasteiger partial charge >= 0.3 is 0 Å². The average molecular weight is 389 g/mol. The van der Waals surface area contributed by atoms with E-state index in [1.54, 1.807) is 4.31 Å². The van der Waals surface area contributed by atoms with E-state index in [2.05, 4.69) is 36.0 Å². The Labute approximate surface area is 161 Å². The summed E-state index contributed by atoms with van der Waals surface area (Å²) in [6.07, 6.45) is 1.34. The molecule has 2 aromatic rings. The molecule has 27 heavy (non-hydrogen) atoms. The molecule has 0 amide bonds. The average Bonchev–Trinajstić information content (AvgIpc) is 3.22. The third kappa shape index (κ3) is 3.32. The quantitative estimate of drug-likeness (QED) is 0.805. The Balaban J connectivity index is 1.59. The maximum atomic E-state index is 12.4. The van der Waals surface area contributed by atoms with Crippen LogP contribution in [0.1, 0.15) is 28.6 Å². The second-order valence-corrected chi connectivity index (χ2v) is 10.0. The fourth-order valence-electron chi connectivity index (χ4n) is 4.90. The van der Waals surface area contributed by atoms with Crippen LogP contribution >= 0.6 is 0 Å². The summed E-state index contributed by atoms with van der Waals surface area (Å²) in [5.41, 5.74) is 4.70. The molecule has 0 aliphatic carbocycles. The Hall–Kier alpha value is -1.70. The Bertz CT molecular complexity index is 938. The summed E-state index contributed by atoms with van der Waals surface area (Å²) in [6, 6.07) is 10.0. The molecule has 3 heterocycles. The van der Waals surface area contributed by atoms with Crippen molar-refractivity contribution in [2.75, 3.05) is 25.9 Å². The smallest absolute Gasteiger partial charge is 0.211 e. The number of rotatable bonds is 4. The van der Waals surface area contributed by atoms with Gasteiger partial charge in [-0.15, -0.1) is 0 Å². The molecule has 0 spiro atoms. The summed E-state index contributed by atoms with van der Waals surface area (Å²) in [5.74, 6) is 0.710. The van der Waals surface area contributed by atoms with Crippen molar-refractivity contribution in [2.45, 2.75) is 26.4 Å². The molecule has 0 N–H and O–H groups in total. The number of aromatic nitrogens is 2. The van der Waals surface area contributed by atoms with Gasteiger partial charge in [-0.05, 0) is 31.2 Å². The highest BCUT2D eigenvalue weighted by atomic mass is 32.2. The summed E-state index contributed by atoms with van der Waals surface area (Å²) in [7, 11) is -1.24. The lowest BCUT2D eigenvalue weighted by Gasteiger charge is -2.28. The molecule has 146 valence electrons. The van der Waals surface area contributed by atoms with Gasteiger partial charge in [0.05, 0.1) is 18.0 Å². The standard InChI is InChI=1S/C20H28N4O2S/c1-14-18(15(2)22(3)21-14)12-23-10-17-11-24(27(4,25)26)20(19(17)13-23)16-8-6-5-7-9-16/h5-9,17,19-20H,10-13H2,1-4H3/t17-,19-,20+/m1/s1. The van der Waals surface area contributed by atoms with E-state index in [0.29, 0.717) is 18.4 Å². The summed E-state index contributed by atoms with van der Waals surface area (Å²) in [4.78, 5) is 2.47. The predicted molar refractivity (Wildman–Crippen MR) is 106 cm³/mol. The first-order valence-corrected chi connectivity index (χ1v) is 11.3. The number of aryl methyl sites for hydroxylation is 2. The van der Waals surface area contributed by atoms with Crippen molar-refractivity contribution in [3.8, 4) is 0 Å².